The number of hydrogen-bond acceptors (Lipinski definition) is 10. The number of carbonyl (C=O) groups is 2. The average Bonchev–Trinajstić information content (AvgIpc) is 2.56. The summed E-state index contributed by atoms with van der Waals surface area (Å²) in [6.07, 6.45) is -4.26. The highest BCUT2D eigenvalue weighted by Gasteiger charge is 2.49. The van der Waals surface area contributed by atoms with Crippen molar-refractivity contribution in [3.8, 4) is 0 Å². The predicted molar refractivity (Wildman–Crippen MR) is 86.4 cm³/mol. The molecule has 5 unspecified atom stereocenters. The molecule has 0 saturated heterocycles. The van der Waals surface area contributed by atoms with Crippen molar-refractivity contribution >= 4 is 11.9 Å². The molecule has 1 aliphatic rings. The fourth-order valence-electron chi connectivity index (χ4n) is 3.02. The van der Waals surface area contributed by atoms with E-state index in [0.29, 0.717) is 0 Å². The molecule has 12 heteroatoms. The van der Waals surface area contributed by atoms with Crippen LogP contribution in [0.15, 0.2) is 0 Å². The molecule has 1 rings (SSSR count). The van der Waals surface area contributed by atoms with Gasteiger partial charge in [-0.15, -0.1) is 0 Å². The fourth-order valence-corrected chi connectivity index (χ4v) is 3.02. The fraction of sp³-hybridized carbons (Fsp3) is 0.857. The second kappa shape index (κ2) is 10.7. The second-order valence-electron chi connectivity index (χ2n) is 6.16. The summed E-state index contributed by atoms with van der Waals surface area (Å²) in [5.41, 5.74) is 0. The minimum Gasteiger partial charge on any atom is -0.480 e. The van der Waals surface area contributed by atoms with Gasteiger partial charge < -0.3 is 41.1 Å². The van der Waals surface area contributed by atoms with Crippen LogP contribution in [0, 0.1) is 0 Å². The quantitative estimate of drug-likeness (QED) is 0.163. The summed E-state index contributed by atoms with van der Waals surface area (Å²) in [7, 11) is 0. The van der Waals surface area contributed by atoms with E-state index in [9.17, 15) is 30.0 Å². The van der Waals surface area contributed by atoms with Crippen LogP contribution in [0.4, 0.5) is 0 Å². The normalized spacial score (nSPS) is 33.0. The number of nitrogens with one attached hydrogen (secondary N) is 3. The number of aliphatic carboxylic acids is 2. The lowest BCUT2D eigenvalue weighted by atomic mass is 9.79. The van der Waals surface area contributed by atoms with Crippen molar-refractivity contribution in [1.29, 1.82) is 0 Å². The number of aliphatic hydroxyl groups is 5. The SMILES string of the molecule is O=C(O)CNC1C(O)C(NCC(=O)O)C(O)C(NC(CO)CCO)C1O. The molecule has 1 saturated carbocycles. The van der Waals surface area contributed by atoms with Gasteiger partial charge in [0, 0.05) is 12.6 Å². The maximum absolute atomic E-state index is 10.8. The Kier molecular flexibility index (Phi) is 9.32. The van der Waals surface area contributed by atoms with Crippen LogP contribution in [0.2, 0.25) is 0 Å². The van der Waals surface area contributed by atoms with E-state index in [4.69, 9.17) is 15.3 Å². The number of carboxylic acid groups (broad SMARTS) is 2. The number of rotatable bonds is 11. The third kappa shape index (κ3) is 6.10. The van der Waals surface area contributed by atoms with Gasteiger partial charge in [0.15, 0.2) is 0 Å². The minimum atomic E-state index is -1.48. The van der Waals surface area contributed by atoms with Crippen LogP contribution in [0.25, 0.3) is 0 Å². The molecule has 0 aromatic carbocycles. The Morgan fingerprint density at radius 3 is 1.58 bits per heavy atom. The highest BCUT2D eigenvalue weighted by atomic mass is 16.4. The summed E-state index contributed by atoms with van der Waals surface area (Å²) < 4.78 is 0. The lowest BCUT2D eigenvalue weighted by Gasteiger charge is -2.47. The minimum absolute atomic E-state index is 0.120. The molecule has 10 N–H and O–H groups in total. The van der Waals surface area contributed by atoms with Gasteiger partial charge in [-0.1, -0.05) is 0 Å². The number of aliphatic hydroxyl groups excluding tert-OH is 5. The summed E-state index contributed by atoms with van der Waals surface area (Å²) >= 11 is 0. The molecule has 12 nitrogen and oxygen atoms in total. The standard InChI is InChI=1S/C14H27N3O9/c18-2-1-6(5-19)17-11-13(25)9(15-3-7(20)21)12(24)10(14(11)26)16-4-8(22)23/h6,9-19,24-26H,1-5H2,(H,20,21)(H,22,23). The molecule has 5 atom stereocenters. The maximum atomic E-state index is 10.8. The number of hydrogen-bond donors (Lipinski definition) is 10. The second-order valence-corrected chi connectivity index (χ2v) is 6.16. The largest absolute Gasteiger partial charge is 0.480 e. The molecule has 0 aromatic heterocycles. The van der Waals surface area contributed by atoms with Gasteiger partial charge >= 0.3 is 11.9 Å². The van der Waals surface area contributed by atoms with Crippen LogP contribution in [0.5, 0.6) is 0 Å². The molecule has 0 radical (unpaired) electrons. The maximum Gasteiger partial charge on any atom is 0.317 e. The predicted octanol–water partition coefficient (Wildman–Crippen LogP) is -5.13. The van der Waals surface area contributed by atoms with Gasteiger partial charge in [0.1, 0.15) is 0 Å². The molecular formula is C14H27N3O9. The Bertz CT molecular complexity index is 435. The first-order chi connectivity index (χ1) is 12.2. The smallest absolute Gasteiger partial charge is 0.317 e. The molecule has 0 heterocycles. The van der Waals surface area contributed by atoms with Crippen molar-refractivity contribution in [1.82, 2.24) is 16.0 Å². The summed E-state index contributed by atoms with van der Waals surface area (Å²) in [6, 6.07) is -4.18. The highest BCUT2D eigenvalue weighted by molar-refractivity contribution is 5.69. The first-order valence-electron chi connectivity index (χ1n) is 8.15. The van der Waals surface area contributed by atoms with Gasteiger partial charge in [-0.05, 0) is 6.42 Å². The monoisotopic (exact) mass is 381 g/mol. The van der Waals surface area contributed by atoms with Crippen molar-refractivity contribution in [2.45, 2.75) is 48.9 Å². The summed E-state index contributed by atoms with van der Waals surface area (Å²) in [6.45, 7) is -1.82. The van der Waals surface area contributed by atoms with Crippen molar-refractivity contribution in [3.05, 3.63) is 0 Å². The molecule has 1 aliphatic carbocycles. The third-order valence-electron chi connectivity index (χ3n) is 4.31. The van der Waals surface area contributed by atoms with E-state index >= 15 is 0 Å². The molecule has 0 bridgehead atoms. The van der Waals surface area contributed by atoms with Gasteiger partial charge in [-0.25, -0.2) is 0 Å². The molecule has 0 spiro atoms. The zero-order valence-electron chi connectivity index (χ0n) is 14.0. The third-order valence-corrected chi connectivity index (χ3v) is 4.31. The Labute approximate surface area is 149 Å². The zero-order chi connectivity index (χ0) is 19.9. The average molecular weight is 381 g/mol. The van der Waals surface area contributed by atoms with Crippen molar-refractivity contribution in [3.63, 3.8) is 0 Å². The van der Waals surface area contributed by atoms with Gasteiger partial charge in [-0.2, -0.15) is 0 Å². The van der Waals surface area contributed by atoms with Crippen LogP contribution in [0.1, 0.15) is 6.42 Å². The van der Waals surface area contributed by atoms with Crippen molar-refractivity contribution in [2.24, 2.45) is 0 Å². The van der Waals surface area contributed by atoms with Gasteiger partial charge in [0.05, 0.1) is 56.1 Å². The summed E-state index contributed by atoms with van der Waals surface area (Å²) in [5, 5.41) is 74.9. The Hall–Kier alpha value is -1.38. The van der Waals surface area contributed by atoms with Gasteiger partial charge in [0.25, 0.3) is 0 Å². The molecule has 0 aliphatic heterocycles. The van der Waals surface area contributed by atoms with E-state index in [1.165, 1.54) is 0 Å². The first kappa shape index (κ1) is 22.7. The Balaban J connectivity index is 3.00. The van der Waals surface area contributed by atoms with E-state index in [2.05, 4.69) is 16.0 Å². The lowest BCUT2D eigenvalue weighted by Crippen LogP contribution is -2.74. The molecular weight excluding hydrogens is 354 g/mol. The van der Waals surface area contributed by atoms with E-state index < -0.39 is 74.1 Å². The topological polar surface area (TPSA) is 212 Å². The molecule has 152 valence electrons. The molecule has 26 heavy (non-hydrogen) atoms. The number of carboxylic acids is 2. The lowest BCUT2D eigenvalue weighted by molar-refractivity contribution is -0.138. The van der Waals surface area contributed by atoms with E-state index in [1.54, 1.807) is 0 Å². The van der Waals surface area contributed by atoms with Crippen LogP contribution in [-0.2, 0) is 9.59 Å². The van der Waals surface area contributed by atoms with Gasteiger partial charge in [-0.3, -0.25) is 20.2 Å². The Morgan fingerprint density at radius 2 is 1.23 bits per heavy atom. The zero-order valence-corrected chi connectivity index (χ0v) is 14.0. The van der Waals surface area contributed by atoms with Crippen LogP contribution in [-0.4, -0.2) is 116 Å². The van der Waals surface area contributed by atoms with Gasteiger partial charge in [0.2, 0.25) is 0 Å². The van der Waals surface area contributed by atoms with Crippen molar-refractivity contribution in [2.75, 3.05) is 26.3 Å². The molecule has 0 amide bonds. The summed E-state index contributed by atoms with van der Waals surface area (Å²) in [5.74, 6) is -2.47. The van der Waals surface area contributed by atoms with Crippen molar-refractivity contribution < 1.29 is 45.3 Å². The van der Waals surface area contributed by atoms with E-state index in [1.807, 2.05) is 0 Å². The highest BCUT2D eigenvalue weighted by Crippen LogP contribution is 2.22. The molecule has 0 aromatic rings. The van der Waals surface area contributed by atoms with Crippen LogP contribution < -0.4 is 16.0 Å². The Morgan fingerprint density at radius 1 is 0.808 bits per heavy atom. The van der Waals surface area contributed by atoms with Crippen LogP contribution >= 0.6 is 0 Å². The van der Waals surface area contributed by atoms with Crippen LogP contribution in [0.3, 0.4) is 0 Å². The molecule has 1 fully saturated rings. The van der Waals surface area contributed by atoms with E-state index in [-0.39, 0.29) is 13.0 Å². The van der Waals surface area contributed by atoms with E-state index in [0.717, 1.165) is 0 Å². The summed E-state index contributed by atoms with van der Waals surface area (Å²) in [4.78, 5) is 21.5. The first-order valence-corrected chi connectivity index (χ1v) is 8.15.